The average molecular weight is 360 g/mol. The zero-order valence-corrected chi connectivity index (χ0v) is 16.1. The van der Waals surface area contributed by atoms with Crippen molar-refractivity contribution in [2.45, 2.75) is 71.1 Å². The third kappa shape index (κ3) is 7.20. The van der Waals surface area contributed by atoms with E-state index in [0.29, 0.717) is 12.2 Å². The van der Waals surface area contributed by atoms with Gasteiger partial charge in [0.2, 0.25) is 0 Å². The van der Waals surface area contributed by atoms with Crippen LogP contribution in [-0.4, -0.2) is 13.2 Å². The highest BCUT2D eigenvalue weighted by atomic mass is 16.5. The molecule has 1 aromatic heterocycles. The van der Waals surface area contributed by atoms with Gasteiger partial charge in [0.15, 0.2) is 0 Å². The molecule has 0 amide bonds. The lowest BCUT2D eigenvalue weighted by atomic mass is 10.1. The maximum Gasteiger partial charge on any atom is 0.336 e. The van der Waals surface area contributed by atoms with Crippen molar-refractivity contribution >= 4 is 11.0 Å². The number of nitrogens with two attached hydrogens (primary N) is 1. The Balaban J connectivity index is 1.56. The van der Waals surface area contributed by atoms with Gasteiger partial charge in [-0.15, -0.1) is 0 Å². The predicted molar refractivity (Wildman–Crippen MR) is 108 cm³/mol. The number of unbranched alkanes of at least 4 members (excludes halogenated alkanes) is 9. The number of fused-ring (bicyclic) bond motifs is 1. The summed E-state index contributed by atoms with van der Waals surface area (Å²) in [6.45, 7) is 3.45. The molecule has 1 aromatic carbocycles. The molecule has 0 bridgehead atoms. The quantitative estimate of drug-likeness (QED) is 0.387. The second kappa shape index (κ2) is 11.7. The van der Waals surface area contributed by atoms with Gasteiger partial charge in [0, 0.05) is 17.5 Å². The van der Waals surface area contributed by atoms with E-state index < -0.39 is 0 Å². The summed E-state index contributed by atoms with van der Waals surface area (Å²) in [5.74, 6) is 0.767. The van der Waals surface area contributed by atoms with E-state index in [1.54, 1.807) is 0 Å². The third-order valence-corrected chi connectivity index (χ3v) is 4.79. The summed E-state index contributed by atoms with van der Waals surface area (Å²) in [5, 5.41) is 0.958. The highest BCUT2D eigenvalue weighted by Gasteiger charge is 2.04. The highest BCUT2D eigenvalue weighted by molar-refractivity contribution is 5.81. The minimum Gasteiger partial charge on any atom is -0.493 e. The first kappa shape index (κ1) is 20.5. The van der Waals surface area contributed by atoms with Crippen molar-refractivity contribution in [2.75, 3.05) is 13.2 Å². The number of benzene rings is 1. The number of rotatable bonds is 13. The van der Waals surface area contributed by atoms with Crippen LogP contribution in [0.5, 0.6) is 5.75 Å². The van der Waals surface area contributed by atoms with Gasteiger partial charge in [-0.05, 0) is 44.0 Å². The van der Waals surface area contributed by atoms with Gasteiger partial charge in [0.25, 0.3) is 0 Å². The van der Waals surface area contributed by atoms with Crippen LogP contribution in [0, 0.1) is 6.92 Å². The Labute approximate surface area is 156 Å². The van der Waals surface area contributed by atoms with Crippen LogP contribution < -0.4 is 16.1 Å². The maximum atomic E-state index is 11.5. The zero-order chi connectivity index (χ0) is 18.6. The van der Waals surface area contributed by atoms with Gasteiger partial charge < -0.3 is 14.9 Å². The molecule has 0 aliphatic rings. The monoisotopic (exact) mass is 359 g/mol. The van der Waals surface area contributed by atoms with Crippen LogP contribution in [0.25, 0.3) is 11.0 Å². The summed E-state index contributed by atoms with van der Waals surface area (Å²) in [4.78, 5) is 11.5. The molecular formula is C22H33NO3. The molecule has 0 aliphatic carbocycles. The molecule has 0 aliphatic heterocycles. The van der Waals surface area contributed by atoms with Gasteiger partial charge in [-0.1, -0.05) is 51.4 Å². The molecule has 0 unspecified atom stereocenters. The second-order valence-electron chi connectivity index (χ2n) is 7.08. The number of hydrogen-bond donors (Lipinski definition) is 1. The van der Waals surface area contributed by atoms with Crippen molar-refractivity contribution in [1.82, 2.24) is 0 Å². The average Bonchev–Trinajstić information content (AvgIpc) is 2.62. The molecule has 2 rings (SSSR count). The minimum atomic E-state index is -0.313. The number of aryl methyl sites for hydroxylation is 1. The van der Waals surface area contributed by atoms with Gasteiger partial charge in [0.1, 0.15) is 11.3 Å². The molecule has 0 saturated heterocycles. The molecule has 4 nitrogen and oxygen atoms in total. The van der Waals surface area contributed by atoms with Crippen molar-refractivity contribution in [3.8, 4) is 5.75 Å². The maximum absolute atomic E-state index is 11.5. The van der Waals surface area contributed by atoms with Crippen LogP contribution in [0.1, 0.15) is 69.8 Å². The fourth-order valence-corrected chi connectivity index (χ4v) is 3.25. The van der Waals surface area contributed by atoms with Crippen molar-refractivity contribution in [3.05, 3.63) is 40.2 Å². The smallest absolute Gasteiger partial charge is 0.336 e. The molecular weight excluding hydrogens is 326 g/mol. The van der Waals surface area contributed by atoms with Gasteiger partial charge >= 0.3 is 5.63 Å². The van der Waals surface area contributed by atoms with Gasteiger partial charge in [-0.25, -0.2) is 4.79 Å². The molecule has 144 valence electrons. The summed E-state index contributed by atoms with van der Waals surface area (Å²) >= 11 is 0. The first-order chi connectivity index (χ1) is 12.7. The molecule has 2 aromatic rings. The lowest BCUT2D eigenvalue weighted by Gasteiger charge is -2.07. The zero-order valence-electron chi connectivity index (χ0n) is 16.1. The molecule has 0 radical (unpaired) electrons. The largest absolute Gasteiger partial charge is 0.493 e. The molecule has 0 spiro atoms. The van der Waals surface area contributed by atoms with Crippen LogP contribution in [0.2, 0.25) is 0 Å². The first-order valence-electron chi connectivity index (χ1n) is 10.1. The highest BCUT2D eigenvalue weighted by Crippen LogP contribution is 2.22. The Bertz CT molecular complexity index is 708. The van der Waals surface area contributed by atoms with E-state index >= 15 is 0 Å². The molecule has 0 saturated carbocycles. The van der Waals surface area contributed by atoms with Gasteiger partial charge in [-0.3, -0.25) is 0 Å². The van der Waals surface area contributed by atoms with E-state index in [1.165, 1.54) is 63.9 Å². The fourth-order valence-electron chi connectivity index (χ4n) is 3.25. The summed E-state index contributed by atoms with van der Waals surface area (Å²) in [6, 6.07) is 7.23. The fraction of sp³-hybridized carbons (Fsp3) is 0.591. The Hall–Kier alpha value is -1.81. The van der Waals surface area contributed by atoms with E-state index in [9.17, 15) is 4.79 Å². The molecule has 4 heteroatoms. The van der Waals surface area contributed by atoms with Crippen LogP contribution in [0.15, 0.2) is 33.5 Å². The minimum absolute atomic E-state index is 0.313. The van der Waals surface area contributed by atoms with Crippen molar-refractivity contribution in [2.24, 2.45) is 5.73 Å². The van der Waals surface area contributed by atoms with E-state index in [1.807, 2.05) is 25.1 Å². The Morgan fingerprint density at radius 2 is 1.50 bits per heavy atom. The van der Waals surface area contributed by atoms with E-state index in [4.69, 9.17) is 14.9 Å². The van der Waals surface area contributed by atoms with Gasteiger partial charge in [-0.2, -0.15) is 0 Å². The summed E-state index contributed by atoms with van der Waals surface area (Å²) < 4.78 is 11.1. The predicted octanol–water partition coefficient (Wildman–Crippen LogP) is 5.34. The SMILES string of the molecule is Cc1cc(=O)oc2cc(OCCCCCCCCCCCCN)ccc12. The summed E-state index contributed by atoms with van der Waals surface area (Å²) in [5.41, 5.74) is 6.71. The van der Waals surface area contributed by atoms with E-state index in [2.05, 4.69) is 0 Å². The topological polar surface area (TPSA) is 65.5 Å². The normalized spacial score (nSPS) is 11.2. The van der Waals surface area contributed by atoms with Crippen LogP contribution in [-0.2, 0) is 0 Å². The van der Waals surface area contributed by atoms with Crippen LogP contribution in [0.3, 0.4) is 0 Å². The van der Waals surface area contributed by atoms with Crippen molar-refractivity contribution in [1.29, 1.82) is 0 Å². The lowest BCUT2D eigenvalue weighted by molar-refractivity contribution is 0.304. The lowest BCUT2D eigenvalue weighted by Crippen LogP contribution is -2.00. The molecule has 0 atom stereocenters. The molecule has 26 heavy (non-hydrogen) atoms. The summed E-state index contributed by atoms with van der Waals surface area (Å²) in [6.07, 6.45) is 12.7. The second-order valence-corrected chi connectivity index (χ2v) is 7.08. The van der Waals surface area contributed by atoms with Gasteiger partial charge in [0.05, 0.1) is 6.61 Å². The molecule has 2 N–H and O–H groups in total. The number of ether oxygens (including phenoxy) is 1. The van der Waals surface area contributed by atoms with Crippen molar-refractivity contribution in [3.63, 3.8) is 0 Å². The van der Waals surface area contributed by atoms with E-state index in [-0.39, 0.29) is 5.63 Å². The number of hydrogen-bond acceptors (Lipinski definition) is 4. The van der Waals surface area contributed by atoms with Crippen molar-refractivity contribution < 1.29 is 9.15 Å². The molecule has 0 fully saturated rings. The van der Waals surface area contributed by atoms with Crippen LogP contribution >= 0.6 is 0 Å². The standard InChI is InChI=1S/C22H33NO3/c1-18-16-22(24)26-21-17-19(12-13-20(18)21)25-15-11-9-7-5-3-2-4-6-8-10-14-23/h12-13,16-17H,2-11,14-15,23H2,1H3. The third-order valence-electron chi connectivity index (χ3n) is 4.79. The van der Waals surface area contributed by atoms with E-state index in [0.717, 1.165) is 29.7 Å². The Morgan fingerprint density at radius 3 is 2.15 bits per heavy atom. The first-order valence-corrected chi connectivity index (χ1v) is 10.1. The van der Waals surface area contributed by atoms with Crippen LogP contribution in [0.4, 0.5) is 0 Å². The Morgan fingerprint density at radius 1 is 0.885 bits per heavy atom. The summed E-state index contributed by atoms with van der Waals surface area (Å²) in [7, 11) is 0. The Kier molecular flexibility index (Phi) is 9.26. The molecule has 1 heterocycles.